The molecule has 0 aliphatic carbocycles. The summed E-state index contributed by atoms with van der Waals surface area (Å²) < 4.78 is 28.1. The van der Waals surface area contributed by atoms with Gasteiger partial charge in [0.1, 0.15) is 12.2 Å². The zero-order valence-electron chi connectivity index (χ0n) is 12.4. The van der Waals surface area contributed by atoms with Gasteiger partial charge in [0.05, 0.1) is 17.2 Å². The number of hydrogen-bond donors (Lipinski definition) is 1. The molecule has 0 atom stereocenters. The van der Waals surface area contributed by atoms with Gasteiger partial charge in [-0.2, -0.15) is 10.2 Å². The molecule has 0 saturated heterocycles. The first-order valence-electron chi connectivity index (χ1n) is 6.54. The predicted molar refractivity (Wildman–Crippen MR) is 73.6 cm³/mol. The quantitative estimate of drug-likeness (QED) is 0.631. The predicted octanol–water partition coefficient (Wildman–Crippen LogP) is 1.09. The molecule has 9 nitrogen and oxygen atoms in total. The Balaban J connectivity index is 2.08. The maximum Gasteiger partial charge on any atom is 0.319 e. The number of aromatic nitrogens is 4. The molecule has 2 rings (SSSR count). The van der Waals surface area contributed by atoms with Crippen molar-refractivity contribution in [2.24, 2.45) is 7.05 Å². The highest BCUT2D eigenvalue weighted by Gasteiger charge is 2.31. The number of carbonyl (C=O) groups excluding carboxylic acids is 1. The van der Waals surface area contributed by atoms with Crippen LogP contribution in [0.25, 0.3) is 0 Å². The highest BCUT2D eigenvalue weighted by molar-refractivity contribution is 5.75. The van der Waals surface area contributed by atoms with E-state index in [-0.39, 0.29) is 12.2 Å². The Hall–Kier alpha value is -2.85. The smallest absolute Gasteiger partial charge is 0.319 e. The van der Waals surface area contributed by atoms with Crippen LogP contribution in [0.5, 0.6) is 0 Å². The number of nitrogens with one attached hydrogen (secondary N) is 1. The molecule has 0 saturated carbocycles. The van der Waals surface area contributed by atoms with E-state index in [0.29, 0.717) is 5.69 Å². The number of hydrogen-bond acceptors (Lipinski definition) is 5. The van der Waals surface area contributed by atoms with Crippen LogP contribution in [0.2, 0.25) is 0 Å². The van der Waals surface area contributed by atoms with E-state index in [2.05, 4.69) is 15.5 Å². The number of amides is 1. The number of nitro groups is 1. The van der Waals surface area contributed by atoms with Crippen LogP contribution in [0.1, 0.15) is 23.5 Å². The summed E-state index contributed by atoms with van der Waals surface area (Å²) in [5.74, 6) is -0.517. The average Bonchev–Trinajstić information content (AvgIpc) is 3.01. The van der Waals surface area contributed by atoms with Crippen LogP contribution in [0.15, 0.2) is 12.3 Å². The van der Waals surface area contributed by atoms with Crippen molar-refractivity contribution in [3.05, 3.63) is 39.5 Å². The zero-order valence-corrected chi connectivity index (χ0v) is 12.4. The molecule has 0 aliphatic rings. The van der Waals surface area contributed by atoms with Gasteiger partial charge in [-0.3, -0.25) is 24.3 Å². The molecule has 0 fully saturated rings. The molecule has 2 heterocycles. The molecular formula is C12H14F2N6O3. The molecule has 2 aromatic heterocycles. The molecule has 1 amide bonds. The normalized spacial score (nSPS) is 11.0. The Labute approximate surface area is 129 Å². The fraction of sp³-hybridized carbons (Fsp3) is 0.417. The molecule has 0 radical (unpaired) electrons. The third-order valence-corrected chi connectivity index (χ3v) is 3.12. The summed E-state index contributed by atoms with van der Waals surface area (Å²) in [5, 5.41) is 20.9. The number of carbonyl (C=O) groups is 1. The van der Waals surface area contributed by atoms with E-state index >= 15 is 0 Å². The van der Waals surface area contributed by atoms with Crippen LogP contribution in [0.3, 0.4) is 0 Å². The molecule has 0 spiro atoms. The summed E-state index contributed by atoms with van der Waals surface area (Å²) in [5.41, 5.74) is -1.18. The maximum absolute atomic E-state index is 12.8. The van der Waals surface area contributed by atoms with Crippen LogP contribution < -0.4 is 5.32 Å². The second-order valence-corrected chi connectivity index (χ2v) is 4.79. The molecule has 23 heavy (non-hydrogen) atoms. The summed E-state index contributed by atoms with van der Waals surface area (Å²) in [6.07, 6.45) is -1.39. The first kappa shape index (κ1) is 16.5. The van der Waals surface area contributed by atoms with Crippen LogP contribution >= 0.6 is 0 Å². The van der Waals surface area contributed by atoms with E-state index in [4.69, 9.17) is 0 Å². The minimum atomic E-state index is -3.09. The van der Waals surface area contributed by atoms with Crippen LogP contribution in [0, 0.1) is 17.0 Å². The lowest BCUT2D eigenvalue weighted by Gasteiger charge is -2.05. The highest BCUT2D eigenvalue weighted by atomic mass is 19.3. The molecule has 0 bridgehead atoms. The Morgan fingerprint density at radius 1 is 1.48 bits per heavy atom. The number of aryl methyl sites for hydroxylation is 1. The Bertz CT molecular complexity index is 739. The van der Waals surface area contributed by atoms with Gasteiger partial charge in [-0.15, -0.1) is 0 Å². The highest BCUT2D eigenvalue weighted by Crippen LogP contribution is 2.30. The van der Waals surface area contributed by atoms with Crippen molar-refractivity contribution in [2.45, 2.75) is 26.4 Å². The van der Waals surface area contributed by atoms with E-state index in [1.54, 1.807) is 24.0 Å². The van der Waals surface area contributed by atoms with Gasteiger partial charge in [-0.05, 0) is 13.0 Å². The third kappa shape index (κ3) is 3.67. The van der Waals surface area contributed by atoms with Gasteiger partial charge in [0.15, 0.2) is 0 Å². The van der Waals surface area contributed by atoms with Gasteiger partial charge in [0, 0.05) is 13.2 Å². The van der Waals surface area contributed by atoms with E-state index in [0.717, 1.165) is 4.68 Å². The van der Waals surface area contributed by atoms with Gasteiger partial charge in [-0.1, -0.05) is 0 Å². The van der Waals surface area contributed by atoms with Crippen molar-refractivity contribution in [1.29, 1.82) is 0 Å². The Kier molecular flexibility index (Phi) is 4.67. The molecule has 0 aliphatic heterocycles. The summed E-state index contributed by atoms with van der Waals surface area (Å²) in [6, 6.07) is 1.71. The molecule has 2 aromatic rings. The second-order valence-electron chi connectivity index (χ2n) is 4.79. The average molecular weight is 328 g/mol. The Morgan fingerprint density at radius 2 is 2.17 bits per heavy atom. The summed E-state index contributed by atoms with van der Waals surface area (Å²) in [7, 11) is 1.73. The van der Waals surface area contributed by atoms with Crippen molar-refractivity contribution in [1.82, 2.24) is 24.9 Å². The van der Waals surface area contributed by atoms with E-state index in [1.165, 1.54) is 6.92 Å². The fourth-order valence-corrected chi connectivity index (χ4v) is 2.03. The number of rotatable bonds is 6. The van der Waals surface area contributed by atoms with Gasteiger partial charge in [0.25, 0.3) is 6.43 Å². The van der Waals surface area contributed by atoms with Gasteiger partial charge >= 0.3 is 5.69 Å². The molecule has 11 heteroatoms. The Morgan fingerprint density at radius 3 is 2.65 bits per heavy atom. The molecule has 0 aromatic carbocycles. The third-order valence-electron chi connectivity index (χ3n) is 3.12. The summed E-state index contributed by atoms with van der Waals surface area (Å²) >= 11 is 0. The molecule has 124 valence electrons. The van der Waals surface area contributed by atoms with Crippen molar-refractivity contribution in [3.63, 3.8) is 0 Å². The maximum atomic E-state index is 12.8. The van der Waals surface area contributed by atoms with Crippen LogP contribution in [-0.4, -0.2) is 30.4 Å². The molecule has 0 unspecified atom stereocenters. The summed E-state index contributed by atoms with van der Waals surface area (Å²) in [4.78, 5) is 21.8. The first-order valence-corrected chi connectivity index (χ1v) is 6.54. The summed E-state index contributed by atoms with van der Waals surface area (Å²) in [6.45, 7) is 1.03. The number of alkyl halides is 2. The van der Waals surface area contributed by atoms with Crippen LogP contribution in [0.4, 0.5) is 14.5 Å². The number of nitrogens with zero attached hydrogens (tertiary/aromatic N) is 5. The van der Waals surface area contributed by atoms with E-state index < -0.39 is 35.2 Å². The van der Waals surface area contributed by atoms with Crippen molar-refractivity contribution in [3.8, 4) is 0 Å². The van der Waals surface area contributed by atoms with Crippen molar-refractivity contribution in [2.75, 3.05) is 0 Å². The standard InChI is InChI=1S/C12H14F2N6O3/c1-7-11(20(22)23)10(12(13)14)17-19(7)6-9(21)15-5-8-3-4-18(2)16-8/h3-4,12H,5-6H2,1-2H3,(H,15,21). The lowest BCUT2D eigenvalue weighted by molar-refractivity contribution is -0.386. The largest absolute Gasteiger partial charge is 0.349 e. The molecular weight excluding hydrogens is 314 g/mol. The van der Waals surface area contributed by atoms with Crippen molar-refractivity contribution >= 4 is 11.6 Å². The van der Waals surface area contributed by atoms with E-state index in [9.17, 15) is 23.7 Å². The van der Waals surface area contributed by atoms with Crippen molar-refractivity contribution < 1.29 is 18.5 Å². The molecule has 1 N–H and O–H groups in total. The number of halogens is 2. The SMILES string of the molecule is Cc1c([N+](=O)[O-])c(C(F)F)nn1CC(=O)NCc1ccn(C)n1. The minimum Gasteiger partial charge on any atom is -0.349 e. The second kappa shape index (κ2) is 6.50. The zero-order chi connectivity index (χ0) is 17.1. The van der Waals surface area contributed by atoms with Gasteiger partial charge in [0.2, 0.25) is 11.6 Å². The monoisotopic (exact) mass is 328 g/mol. The lowest BCUT2D eigenvalue weighted by atomic mass is 10.3. The first-order chi connectivity index (χ1) is 10.8. The van der Waals surface area contributed by atoms with E-state index in [1.807, 2.05) is 0 Å². The van der Waals surface area contributed by atoms with Gasteiger partial charge < -0.3 is 5.32 Å². The van der Waals surface area contributed by atoms with Gasteiger partial charge in [-0.25, -0.2) is 8.78 Å². The minimum absolute atomic E-state index is 0.0988. The fourth-order valence-electron chi connectivity index (χ4n) is 2.03. The topological polar surface area (TPSA) is 108 Å². The van der Waals surface area contributed by atoms with Crippen LogP contribution in [-0.2, 0) is 24.9 Å². The lowest BCUT2D eigenvalue weighted by Crippen LogP contribution is -2.28.